The SMILES string of the molecule is CC1=C(C(=O)N2CCCC2)[C@H](c2ccc(F)cc2)N2C(CC(=O)NCC3CC3)=CSC2=N1. The predicted octanol–water partition coefficient (Wildman–Crippen LogP) is 3.94. The molecule has 0 radical (unpaired) electrons. The van der Waals surface area contributed by atoms with Crippen LogP contribution in [0.2, 0.25) is 0 Å². The molecule has 3 heterocycles. The first-order chi connectivity index (χ1) is 15.5. The van der Waals surface area contributed by atoms with Crippen molar-refractivity contribution in [3.05, 3.63) is 58.0 Å². The molecule has 1 aromatic carbocycles. The van der Waals surface area contributed by atoms with Crippen molar-refractivity contribution in [2.75, 3.05) is 19.6 Å². The third-order valence-electron chi connectivity index (χ3n) is 6.44. The normalized spacial score (nSPS) is 22.6. The summed E-state index contributed by atoms with van der Waals surface area (Å²) < 4.78 is 13.7. The van der Waals surface area contributed by atoms with Crippen LogP contribution in [0, 0.1) is 11.7 Å². The number of rotatable bonds is 6. The summed E-state index contributed by atoms with van der Waals surface area (Å²) in [6, 6.07) is 5.85. The van der Waals surface area contributed by atoms with Crippen LogP contribution < -0.4 is 5.32 Å². The molecule has 0 spiro atoms. The molecule has 5 rings (SSSR count). The summed E-state index contributed by atoms with van der Waals surface area (Å²) in [6.45, 7) is 4.07. The van der Waals surface area contributed by atoms with Crippen LogP contribution in [0.5, 0.6) is 0 Å². The molecule has 1 saturated heterocycles. The van der Waals surface area contributed by atoms with Crippen molar-refractivity contribution in [2.24, 2.45) is 10.9 Å². The second-order valence-corrected chi connectivity index (χ2v) is 9.70. The number of nitrogens with zero attached hydrogens (tertiary/aromatic N) is 3. The maximum atomic E-state index is 13.7. The number of thioether (sulfide) groups is 1. The Morgan fingerprint density at radius 3 is 2.59 bits per heavy atom. The number of allylic oxidation sites excluding steroid dienone is 1. The average molecular weight is 455 g/mol. The van der Waals surface area contributed by atoms with Crippen LogP contribution in [-0.4, -0.2) is 46.4 Å². The van der Waals surface area contributed by atoms with E-state index in [4.69, 9.17) is 4.99 Å². The summed E-state index contributed by atoms with van der Waals surface area (Å²) in [6.07, 6.45) is 4.58. The first kappa shape index (κ1) is 21.2. The number of benzene rings is 1. The van der Waals surface area contributed by atoms with Crippen LogP contribution in [-0.2, 0) is 9.59 Å². The summed E-state index contributed by atoms with van der Waals surface area (Å²) in [5.74, 6) is 0.242. The molecule has 1 saturated carbocycles. The van der Waals surface area contributed by atoms with Crippen molar-refractivity contribution >= 4 is 28.7 Å². The Bertz CT molecular complexity index is 1020. The molecule has 1 N–H and O–H groups in total. The zero-order valence-corrected chi connectivity index (χ0v) is 19.0. The molecule has 1 aromatic rings. The lowest BCUT2D eigenvalue weighted by Crippen LogP contribution is -2.41. The molecule has 2 amide bonds. The number of amides is 2. The molecule has 0 unspecified atom stereocenters. The van der Waals surface area contributed by atoms with Gasteiger partial charge in [0.15, 0.2) is 5.17 Å². The van der Waals surface area contributed by atoms with Gasteiger partial charge >= 0.3 is 0 Å². The lowest BCUT2D eigenvalue weighted by molar-refractivity contribution is -0.126. The van der Waals surface area contributed by atoms with Crippen LogP contribution in [0.15, 0.2) is 51.6 Å². The predicted molar refractivity (Wildman–Crippen MR) is 123 cm³/mol. The summed E-state index contributed by atoms with van der Waals surface area (Å²) in [7, 11) is 0. The average Bonchev–Trinajstić information content (AvgIpc) is 3.28. The van der Waals surface area contributed by atoms with E-state index in [1.165, 1.54) is 36.7 Å². The van der Waals surface area contributed by atoms with Crippen LogP contribution in [0.3, 0.4) is 0 Å². The maximum absolute atomic E-state index is 13.7. The third kappa shape index (κ3) is 4.20. The van der Waals surface area contributed by atoms with E-state index in [2.05, 4.69) is 5.32 Å². The number of halogens is 1. The van der Waals surface area contributed by atoms with Gasteiger partial charge in [-0.15, -0.1) is 0 Å². The molecule has 3 aliphatic heterocycles. The molecular weight excluding hydrogens is 427 g/mol. The minimum atomic E-state index is -0.436. The highest BCUT2D eigenvalue weighted by Crippen LogP contribution is 2.45. The minimum absolute atomic E-state index is 0.0217. The van der Waals surface area contributed by atoms with Gasteiger partial charge < -0.3 is 15.1 Å². The van der Waals surface area contributed by atoms with Crippen molar-refractivity contribution in [1.29, 1.82) is 0 Å². The van der Waals surface area contributed by atoms with E-state index in [9.17, 15) is 14.0 Å². The monoisotopic (exact) mass is 454 g/mol. The van der Waals surface area contributed by atoms with Crippen molar-refractivity contribution in [1.82, 2.24) is 15.1 Å². The molecule has 32 heavy (non-hydrogen) atoms. The first-order valence-electron chi connectivity index (χ1n) is 11.3. The maximum Gasteiger partial charge on any atom is 0.254 e. The van der Waals surface area contributed by atoms with Crippen molar-refractivity contribution < 1.29 is 14.0 Å². The van der Waals surface area contributed by atoms with E-state index >= 15 is 0 Å². The van der Waals surface area contributed by atoms with Crippen LogP contribution >= 0.6 is 11.8 Å². The van der Waals surface area contributed by atoms with Gasteiger partial charge in [-0.2, -0.15) is 0 Å². The lowest BCUT2D eigenvalue weighted by atomic mass is 9.92. The summed E-state index contributed by atoms with van der Waals surface area (Å²) in [4.78, 5) is 34.8. The Morgan fingerprint density at radius 2 is 1.91 bits per heavy atom. The van der Waals surface area contributed by atoms with E-state index < -0.39 is 6.04 Å². The summed E-state index contributed by atoms with van der Waals surface area (Å²) in [5, 5.41) is 5.72. The molecule has 0 bridgehead atoms. The summed E-state index contributed by atoms with van der Waals surface area (Å²) >= 11 is 1.47. The fourth-order valence-electron chi connectivity index (χ4n) is 4.50. The number of fused-ring (bicyclic) bond motifs is 1. The minimum Gasteiger partial charge on any atom is -0.355 e. The van der Waals surface area contributed by atoms with Crippen molar-refractivity contribution in [3.8, 4) is 0 Å². The molecule has 1 aliphatic carbocycles. The Balaban J connectivity index is 1.47. The van der Waals surface area contributed by atoms with Gasteiger partial charge in [-0.1, -0.05) is 23.9 Å². The zero-order chi connectivity index (χ0) is 22.2. The highest BCUT2D eigenvalue weighted by Gasteiger charge is 2.42. The van der Waals surface area contributed by atoms with Crippen LogP contribution in [0.25, 0.3) is 0 Å². The largest absolute Gasteiger partial charge is 0.355 e. The number of carbonyl (C=O) groups is 2. The second-order valence-electron chi connectivity index (χ2n) is 8.87. The quantitative estimate of drug-likeness (QED) is 0.707. The Morgan fingerprint density at radius 1 is 1.19 bits per heavy atom. The van der Waals surface area contributed by atoms with Gasteiger partial charge in [-0.25, -0.2) is 9.38 Å². The van der Waals surface area contributed by atoms with E-state index in [0.717, 1.165) is 48.9 Å². The first-order valence-corrected chi connectivity index (χ1v) is 12.1. The van der Waals surface area contributed by atoms with Gasteiger partial charge in [0.05, 0.1) is 23.7 Å². The van der Waals surface area contributed by atoms with Gasteiger partial charge in [0.2, 0.25) is 5.91 Å². The summed E-state index contributed by atoms with van der Waals surface area (Å²) in [5.41, 5.74) is 2.92. The number of amidine groups is 1. The number of hydrogen-bond donors (Lipinski definition) is 1. The number of hydrogen-bond acceptors (Lipinski definition) is 5. The molecule has 6 nitrogen and oxygen atoms in total. The molecule has 168 valence electrons. The van der Waals surface area contributed by atoms with Gasteiger partial charge in [-0.05, 0) is 61.6 Å². The number of carbonyl (C=O) groups excluding carboxylic acids is 2. The topological polar surface area (TPSA) is 65.0 Å². The third-order valence-corrected chi connectivity index (χ3v) is 7.33. The van der Waals surface area contributed by atoms with Crippen LogP contribution in [0.4, 0.5) is 4.39 Å². The lowest BCUT2D eigenvalue weighted by Gasteiger charge is -2.37. The fourth-order valence-corrected chi connectivity index (χ4v) is 5.47. The molecule has 1 atom stereocenters. The second kappa shape index (κ2) is 8.73. The van der Waals surface area contributed by atoms with Gasteiger partial charge in [-0.3, -0.25) is 9.59 Å². The number of nitrogens with one attached hydrogen (secondary N) is 1. The van der Waals surface area contributed by atoms with Crippen LogP contribution in [0.1, 0.15) is 50.6 Å². The molecular formula is C24H27FN4O2S. The smallest absolute Gasteiger partial charge is 0.254 e. The Labute approximate surface area is 191 Å². The Kier molecular flexibility index (Phi) is 5.80. The van der Waals surface area contributed by atoms with Gasteiger partial charge in [0.25, 0.3) is 5.91 Å². The number of aliphatic imine (C=N–C) groups is 1. The standard InChI is InChI=1S/C24H27FN4O2S/c1-15-21(23(31)28-10-2-3-11-28)22(17-6-8-18(25)9-7-17)29-19(14-32-24(29)27-15)12-20(30)26-13-16-4-5-16/h6-9,14,16,22H,2-5,10-13H2,1H3,(H,26,30)/t22-/m0/s1. The molecule has 0 aromatic heterocycles. The highest BCUT2D eigenvalue weighted by atomic mass is 32.2. The Hall–Kier alpha value is -2.61. The van der Waals surface area contributed by atoms with Gasteiger partial charge in [0, 0.05) is 25.3 Å². The fraction of sp³-hybridized carbons (Fsp3) is 0.458. The van der Waals surface area contributed by atoms with Gasteiger partial charge in [0.1, 0.15) is 5.82 Å². The zero-order valence-electron chi connectivity index (χ0n) is 18.1. The van der Waals surface area contributed by atoms with E-state index in [1.54, 1.807) is 12.1 Å². The van der Waals surface area contributed by atoms with E-state index in [1.807, 2.05) is 22.1 Å². The van der Waals surface area contributed by atoms with E-state index in [0.29, 0.717) is 17.2 Å². The highest BCUT2D eigenvalue weighted by molar-refractivity contribution is 8.16. The van der Waals surface area contributed by atoms with Crippen molar-refractivity contribution in [2.45, 2.75) is 45.1 Å². The molecule has 2 fully saturated rings. The molecule has 8 heteroatoms. The van der Waals surface area contributed by atoms with Crippen molar-refractivity contribution in [3.63, 3.8) is 0 Å². The number of likely N-dealkylation sites (tertiary alicyclic amines) is 1. The molecule has 4 aliphatic rings. The van der Waals surface area contributed by atoms with E-state index in [-0.39, 0.29) is 24.1 Å².